The van der Waals surface area contributed by atoms with Crippen LogP contribution < -0.4 is 0 Å². The Morgan fingerprint density at radius 2 is 1.19 bits per heavy atom. The van der Waals surface area contributed by atoms with Gasteiger partial charge in [0.2, 0.25) is 0 Å². The Labute approximate surface area is 151 Å². The van der Waals surface area contributed by atoms with Gasteiger partial charge in [0.15, 0.2) is 0 Å². The van der Waals surface area contributed by atoms with E-state index in [4.69, 9.17) is 20.4 Å². The van der Waals surface area contributed by atoms with E-state index in [9.17, 15) is 9.59 Å². The van der Waals surface area contributed by atoms with E-state index in [0.717, 1.165) is 12.8 Å². The molecule has 0 amide bonds. The highest BCUT2D eigenvalue weighted by Crippen LogP contribution is 2.15. The van der Waals surface area contributed by atoms with Crippen molar-refractivity contribution in [3.8, 4) is 11.5 Å². The molecule has 2 aliphatic rings. The highest BCUT2D eigenvalue weighted by Gasteiger charge is 2.06. The highest BCUT2D eigenvalue weighted by atomic mass is 16.4. The Bertz CT molecular complexity index is 681. The van der Waals surface area contributed by atoms with Gasteiger partial charge < -0.3 is 20.4 Å². The molecule has 1 aromatic rings. The van der Waals surface area contributed by atoms with Gasteiger partial charge in [-0.2, -0.15) is 0 Å². The molecule has 6 heteroatoms. The fourth-order valence-electron chi connectivity index (χ4n) is 2.05. The summed E-state index contributed by atoms with van der Waals surface area (Å²) in [6.45, 7) is 0. The van der Waals surface area contributed by atoms with E-state index in [1.165, 1.54) is 18.2 Å². The number of allylic oxidation sites excluding steroid dienone is 6. The first kappa shape index (κ1) is 20.8. The van der Waals surface area contributed by atoms with Crippen LogP contribution in [0.1, 0.15) is 25.7 Å². The molecule has 0 fully saturated rings. The number of phenols is 2. The fraction of sp³-hybridized carbons (Fsp3) is 0.200. The summed E-state index contributed by atoms with van der Waals surface area (Å²) in [5.41, 5.74) is 1.02. The normalized spacial score (nSPS) is 14.6. The standard InChI is InChI=1S/2C7H8O2.C6H6O2/c2*8-7(9)6-4-2-1-3-5-6;7-5-2-1-3-6(8)4-5/h2*1-2,4H,3,5H2,(H,8,9);1-4,7-8H. The maximum Gasteiger partial charge on any atom is 0.331 e. The fourth-order valence-corrected chi connectivity index (χ4v) is 2.05. The number of hydrogen-bond donors (Lipinski definition) is 4. The first-order valence-electron chi connectivity index (χ1n) is 8.06. The molecule has 0 aliphatic heterocycles. The summed E-state index contributed by atoms with van der Waals surface area (Å²) in [5.74, 6) is -1.41. The molecule has 0 atom stereocenters. The number of rotatable bonds is 2. The Morgan fingerprint density at radius 1 is 0.769 bits per heavy atom. The predicted molar refractivity (Wildman–Crippen MR) is 98.0 cm³/mol. The number of hydrogen-bond acceptors (Lipinski definition) is 4. The molecule has 0 unspecified atom stereocenters. The molecular weight excluding hydrogens is 336 g/mol. The maximum absolute atomic E-state index is 10.3. The van der Waals surface area contributed by atoms with Crippen LogP contribution in [0.15, 0.2) is 71.9 Å². The van der Waals surface area contributed by atoms with Crippen molar-refractivity contribution >= 4 is 11.9 Å². The van der Waals surface area contributed by atoms with Crippen LogP contribution in [0.25, 0.3) is 0 Å². The monoisotopic (exact) mass is 358 g/mol. The molecule has 2 aliphatic carbocycles. The second-order valence-electron chi connectivity index (χ2n) is 5.45. The zero-order valence-electron chi connectivity index (χ0n) is 14.2. The highest BCUT2D eigenvalue weighted by molar-refractivity contribution is 5.87. The number of carboxylic acid groups (broad SMARTS) is 2. The van der Waals surface area contributed by atoms with Crippen LogP contribution in [0.2, 0.25) is 0 Å². The molecule has 0 saturated heterocycles. The molecule has 1 aromatic carbocycles. The SMILES string of the molecule is O=C(O)C1=CC=CCC1.O=C(O)C1=CC=CCC1.Oc1cccc(O)c1. The van der Waals surface area contributed by atoms with Gasteiger partial charge in [-0.15, -0.1) is 0 Å². The number of benzene rings is 1. The first-order chi connectivity index (χ1) is 12.4. The molecule has 0 saturated carbocycles. The van der Waals surface area contributed by atoms with E-state index in [2.05, 4.69) is 0 Å². The third-order valence-corrected chi connectivity index (χ3v) is 3.41. The minimum atomic E-state index is -0.792. The zero-order valence-corrected chi connectivity index (χ0v) is 14.2. The maximum atomic E-state index is 10.3. The van der Waals surface area contributed by atoms with Crippen LogP contribution in [-0.2, 0) is 9.59 Å². The molecule has 4 N–H and O–H groups in total. The molecule has 6 nitrogen and oxygen atoms in total. The van der Waals surface area contributed by atoms with Crippen LogP contribution in [0.3, 0.4) is 0 Å². The van der Waals surface area contributed by atoms with Gasteiger partial charge >= 0.3 is 11.9 Å². The van der Waals surface area contributed by atoms with E-state index in [-0.39, 0.29) is 11.5 Å². The van der Waals surface area contributed by atoms with Crippen LogP contribution >= 0.6 is 0 Å². The van der Waals surface area contributed by atoms with Gasteiger partial charge in [0.1, 0.15) is 11.5 Å². The summed E-state index contributed by atoms with van der Waals surface area (Å²) >= 11 is 0. The minimum Gasteiger partial charge on any atom is -0.508 e. The topological polar surface area (TPSA) is 115 Å². The summed E-state index contributed by atoms with van der Waals surface area (Å²) < 4.78 is 0. The quantitative estimate of drug-likeness (QED) is 0.639. The molecule has 3 rings (SSSR count). The number of carbonyl (C=O) groups is 2. The molecular formula is C20H22O6. The van der Waals surface area contributed by atoms with Crippen LogP contribution in [0.4, 0.5) is 0 Å². The lowest BCUT2D eigenvalue weighted by Crippen LogP contribution is -2.01. The van der Waals surface area contributed by atoms with Crippen molar-refractivity contribution in [1.82, 2.24) is 0 Å². The predicted octanol–water partition coefficient (Wildman–Crippen LogP) is 3.79. The van der Waals surface area contributed by atoms with Gasteiger partial charge in [0.05, 0.1) is 0 Å². The van der Waals surface area contributed by atoms with Crippen molar-refractivity contribution in [3.63, 3.8) is 0 Å². The number of carboxylic acids is 2. The summed E-state index contributed by atoms with van der Waals surface area (Å²) in [6, 6.07) is 5.85. The average molecular weight is 358 g/mol. The van der Waals surface area contributed by atoms with Crippen molar-refractivity contribution in [2.75, 3.05) is 0 Å². The van der Waals surface area contributed by atoms with E-state index in [0.29, 0.717) is 24.0 Å². The van der Waals surface area contributed by atoms with Crippen molar-refractivity contribution < 1.29 is 30.0 Å². The van der Waals surface area contributed by atoms with Gasteiger partial charge in [0, 0.05) is 17.2 Å². The Kier molecular flexibility index (Phi) is 9.03. The van der Waals surface area contributed by atoms with E-state index < -0.39 is 11.9 Å². The van der Waals surface area contributed by atoms with Crippen molar-refractivity contribution in [1.29, 1.82) is 0 Å². The Balaban J connectivity index is 0.000000195. The molecule has 138 valence electrons. The molecule has 0 heterocycles. The van der Waals surface area contributed by atoms with Gasteiger partial charge in [-0.3, -0.25) is 0 Å². The molecule has 0 bridgehead atoms. The summed E-state index contributed by atoms with van der Waals surface area (Å²) in [7, 11) is 0. The molecule has 26 heavy (non-hydrogen) atoms. The van der Waals surface area contributed by atoms with Crippen LogP contribution in [-0.4, -0.2) is 32.4 Å². The largest absolute Gasteiger partial charge is 0.508 e. The lowest BCUT2D eigenvalue weighted by molar-refractivity contribution is -0.133. The van der Waals surface area contributed by atoms with Crippen molar-refractivity contribution in [2.45, 2.75) is 25.7 Å². The Morgan fingerprint density at radius 3 is 1.38 bits per heavy atom. The number of phenolic OH excluding ortho intramolecular Hbond substituents is 2. The van der Waals surface area contributed by atoms with Crippen LogP contribution in [0, 0.1) is 0 Å². The average Bonchev–Trinajstić information content (AvgIpc) is 2.64. The van der Waals surface area contributed by atoms with Crippen LogP contribution in [0.5, 0.6) is 11.5 Å². The summed E-state index contributed by atoms with van der Waals surface area (Å²) in [4.78, 5) is 20.5. The number of aromatic hydroxyl groups is 2. The Hall–Kier alpha value is -3.28. The smallest absolute Gasteiger partial charge is 0.331 e. The number of aliphatic carboxylic acids is 2. The summed E-state index contributed by atoms with van der Waals surface area (Å²) in [5, 5.41) is 34.2. The third kappa shape index (κ3) is 8.54. The van der Waals surface area contributed by atoms with E-state index >= 15 is 0 Å². The second kappa shape index (κ2) is 11.3. The second-order valence-corrected chi connectivity index (χ2v) is 5.45. The van der Waals surface area contributed by atoms with Gasteiger partial charge in [0.25, 0.3) is 0 Å². The zero-order chi connectivity index (χ0) is 19.4. The lowest BCUT2D eigenvalue weighted by atomic mass is 10.1. The van der Waals surface area contributed by atoms with Gasteiger partial charge in [-0.1, -0.05) is 42.5 Å². The third-order valence-electron chi connectivity index (χ3n) is 3.41. The lowest BCUT2D eigenvalue weighted by Gasteiger charge is -2.00. The van der Waals surface area contributed by atoms with Gasteiger partial charge in [-0.25, -0.2) is 9.59 Å². The molecule has 0 radical (unpaired) electrons. The van der Waals surface area contributed by atoms with Crippen molar-refractivity contribution in [3.05, 3.63) is 71.9 Å². The van der Waals surface area contributed by atoms with E-state index in [1.807, 2.05) is 12.2 Å². The van der Waals surface area contributed by atoms with Gasteiger partial charge in [-0.05, 0) is 37.8 Å². The molecule has 0 spiro atoms. The minimum absolute atomic E-state index is 0.0880. The first-order valence-corrected chi connectivity index (χ1v) is 8.06. The molecule has 0 aromatic heterocycles. The summed E-state index contributed by atoms with van der Waals surface area (Å²) in [6.07, 6.45) is 13.9. The van der Waals surface area contributed by atoms with E-state index in [1.54, 1.807) is 30.4 Å². The van der Waals surface area contributed by atoms with Crippen molar-refractivity contribution in [2.24, 2.45) is 0 Å².